The number of ether oxygens (including phenoxy) is 1. The first-order valence-corrected chi connectivity index (χ1v) is 12.6. The van der Waals surface area contributed by atoms with Crippen molar-refractivity contribution in [2.75, 3.05) is 36.5 Å². The first-order chi connectivity index (χ1) is 17.1. The Morgan fingerprint density at radius 3 is 2.50 bits per heavy atom. The molecule has 1 spiro atoms. The standard InChI is InChI=1S/C23H22F3N5O4S/c1-14(32)28-15-2-4-16(5-3-15)36(33,34)31-8-9-35-23(31)6-7-30(13-21(23)26)22-12-27-19-10-17(24)18(25)11-20(19)29-22/h2-5,10-12,21H,6-9,13H2,1H3,(H,28,32)/t21-,23-/m0/s1. The lowest BCUT2D eigenvalue weighted by Crippen LogP contribution is -2.62. The number of alkyl halides is 1. The number of halogens is 3. The number of sulfonamides is 1. The van der Waals surface area contributed by atoms with Crippen LogP contribution in [0.2, 0.25) is 0 Å². The molecule has 0 aliphatic carbocycles. The molecule has 3 heterocycles. The molecule has 1 amide bonds. The van der Waals surface area contributed by atoms with Gasteiger partial charge in [-0.3, -0.25) is 9.78 Å². The molecule has 3 aromatic rings. The monoisotopic (exact) mass is 521 g/mol. The van der Waals surface area contributed by atoms with Crippen molar-refractivity contribution in [2.45, 2.75) is 30.1 Å². The first-order valence-electron chi connectivity index (χ1n) is 11.2. The largest absolute Gasteiger partial charge is 0.355 e. The highest BCUT2D eigenvalue weighted by Gasteiger charge is 2.57. The van der Waals surface area contributed by atoms with Gasteiger partial charge in [-0.1, -0.05) is 0 Å². The zero-order valence-electron chi connectivity index (χ0n) is 19.1. The molecule has 0 saturated carbocycles. The van der Waals surface area contributed by atoms with Crippen LogP contribution >= 0.6 is 0 Å². The fraction of sp³-hybridized carbons (Fsp3) is 0.348. The van der Waals surface area contributed by atoms with Crippen molar-refractivity contribution in [3.63, 3.8) is 0 Å². The predicted octanol–water partition coefficient (Wildman–Crippen LogP) is 2.83. The van der Waals surface area contributed by atoms with Crippen LogP contribution in [0.3, 0.4) is 0 Å². The maximum Gasteiger partial charge on any atom is 0.245 e. The third kappa shape index (κ3) is 4.16. The normalized spacial score (nSPS) is 22.9. The summed E-state index contributed by atoms with van der Waals surface area (Å²) in [6, 6.07) is 7.47. The molecule has 9 nitrogen and oxygen atoms in total. The zero-order valence-corrected chi connectivity index (χ0v) is 19.9. The molecule has 2 saturated heterocycles. The molecule has 2 aliphatic rings. The predicted molar refractivity (Wildman–Crippen MR) is 125 cm³/mol. The molecule has 2 atom stereocenters. The van der Waals surface area contributed by atoms with E-state index in [1.807, 2.05) is 0 Å². The number of nitrogens with zero attached hydrogens (tertiary/aromatic N) is 4. The summed E-state index contributed by atoms with van der Waals surface area (Å²) in [5, 5.41) is 2.57. The number of aromatic nitrogens is 2. The summed E-state index contributed by atoms with van der Waals surface area (Å²) in [7, 11) is -4.11. The van der Waals surface area contributed by atoms with Crippen LogP contribution in [0.15, 0.2) is 47.5 Å². The molecule has 0 unspecified atom stereocenters. The smallest absolute Gasteiger partial charge is 0.245 e. The van der Waals surface area contributed by atoms with Gasteiger partial charge in [-0.25, -0.2) is 26.6 Å². The molecule has 13 heteroatoms. The van der Waals surface area contributed by atoms with Gasteiger partial charge in [0.2, 0.25) is 15.9 Å². The molecule has 2 aliphatic heterocycles. The highest BCUT2D eigenvalue weighted by molar-refractivity contribution is 7.89. The molecule has 2 aromatic carbocycles. The number of piperidine rings is 1. The Bertz CT molecular complexity index is 1440. The second-order valence-corrected chi connectivity index (χ2v) is 10.5. The van der Waals surface area contributed by atoms with Gasteiger partial charge in [0.15, 0.2) is 23.5 Å². The SMILES string of the molecule is CC(=O)Nc1ccc(S(=O)(=O)N2CCO[C@]23CCN(c2cnc4cc(F)c(F)cc4n2)C[C@@H]3F)cc1. The molecular formula is C23H22F3N5O4S. The summed E-state index contributed by atoms with van der Waals surface area (Å²) in [6.07, 6.45) is -0.385. The number of benzene rings is 2. The maximum atomic E-state index is 15.7. The maximum absolute atomic E-state index is 15.7. The third-order valence-corrected chi connectivity index (χ3v) is 8.28. The summed E-state index contributed by atoms with van der Waals surface area (Å²) in [6.45, 7) is 1.31. The van der Waals surface area contributed by atoms with Gasteiger partial charge in [-0.15, -0.1) is 0 Å². The van der Waals surface area contributed by atoms with Crippen LogP contribution in [-0.4, -0.2) is 66.7 Å². The van der Waals surface area contributed by atoms with E-state index in [1.165, 1.54) is 37.4 Å². The fourth-order valence-electron chi connectivity index (χ4n) is 4.61. The lowest BCUT2D eigenvalue weighted by atomic mass is 9.98. The molecule has 0 radical (unpaired) electrons. The van der Waals surface area contributed by atoms with E-state index < -0.39 is 33.6 Å². The average molecular weight is 522 g/mol. The van der Waals surface area contributed by atoms with Crippen molar-refractivity contribution in [1.29, 1.82) is 0 Å². The summed E-state index contributed by atoms with van der Waals surface area (Å²) >= 11 is 0. The molecule has 2 fully saturated rings. The summed E-state index contributed by atoms with van der Waals surface area (Å²) < 4.78 is 76.5. The van der Waals surface area contributed by atoms with Crippen LogP contribution in [0.1, 0.15) is 13.3 Å². The number of anilines is 2. The van der Waals surface area contributed by atoms with Gasteiger partial charge in [0.25, 0.3) is 0 Å². The van der Waals surface area contributed by atoms with Gasteiger partial charge in [-0.05, 0) is 24.3 Å². The van der Waals surface area contributed by atoms with Crippen molar-refractivity contribution in [3.8, 4) is 0 Å². The number of rotatable bonds is 4. The minimum Gasteiger partial charge on any atom is -0.355 e. The van der Waals surface area contributed by atoms with E-state index in [-0.39, 0.29) is 60.3 Å². The number of amides is 1. The number of carbonyl (C=O) groups is 1. The van der Waals surface area contributed by atoms with Crippen molar-refractivity contribution < 1.29 is 31.1 Å². The molecular weight excluding hydrogens is 499 g/mol. The van der Waals surface area contributed by atoms with Gasteiger partial charge in [0, 0.05) is 44.3 Å². The second-order valence-electron chi connectivity index (χ2n) is 8.62. The van der Waals surface area contributed by atoms with Gasteiger partial charge < -0.3 is 15.0 Å². The van der Waals surface area contributed by atoms with Crippen molar-refractivity contribution in [3.05, 3.63) is 54.2 Å². The highest BCUT2D eigenvalue weighted by Crippen LogP contribution is 2.40. The Morgan fingerprint density at radius 1 is 1.14 bits per heavy atom. The number of hydrogen-bond acceptors (Lipinski definition) is 7. The molecule has 5 rings (SSSR count). The van der Waals surface area contributed by atoms with Crippen LogP contribution in [0.25, 0.3) is 11.0 Å². The lowest BCUT2D eigenvalue weighted by molar-refractivity contribution is -0.116. The number of nitrogens with one attached hydrogen (secondary N) is 1. The highest BCUT2D eigenvalue weighted by atomic mass is 32.2. The van der Waals surface area contributed by atoms with Crippen LogP contribution in [0.4, 0.5) is 24.7 Å². The van der Waals surface area contributed by atoms with Crippen molar-refractivity contribution in [1.82, 2.24) is 14.3 Å². The first kappa shape index (κ1) is 24.4. The Hall–Kier alpha value is -3.29. The minimum absolute atomic E-state index is 0.00880. The van der Waals surface area contributed by atoms with Crippen LogP contribution in [-0.2, 0) is 19.6 Å². The summed E-state index contributed by atoms with van der Waals surface area (Å²) in [5.41, 5.74) is -0.981. The van der Waals surface area contributed by atoms with E-state index >= 15 is 4.39 Å². The number of carbonyl (C=O) groups excluding carboxylic acids is 1. The van der Waals surface area contributed by atoms with E-state index in [9.17, 15) is 22.0 Å². The third-order valence-electron chi connectivity index (χ3n) is 6.34. The minimum atomic E-state index is -4.11. The second kappa shape index (κ2) is 8.98. The quantitative estimate of drug-likeness (QED) is 0.563. The van der Waals surface area contributed by atoms with E-state index in [4.69, 9.17) is 4.74 Å². The van der Waals surface area contributed by atoms with Crippen LogP contribution in [0, 0.1) is 11.6 Å². The van der Waals surface area contributed by atoms with E-state index in [0.29, 0.717) is 5.69 Å². The average Bonchev–Trinajstić information content (AvgIpc) is 3.27. The Kier molecular flexibility index (Phi) is 6.09. The molecule has 1 N–H and O–H groups in total. The summed E-state index contributed by atoms with van der Waals surface area (Å²) in [5.74, 6) is -2.15. The van der Waals surface area contributed by atoms with Gasteiger partial charge in [0.05, 0.1) is 35.3 Å². The van der Waals surface area contributed by atoms with E-state index in [2.05, 4.69) is 15.3 Å². The van der Waals surface area contributed by atoms with Crippen LogP contribution < -0.4 is 10.2 Å². The zero-order chi connectivity index (χ0) is 25.7. The Labute approximate surface area is 204 Å². The van der Waals surface area contributed by atoms with Gasteiger partial charge >= 0.3 is 0 Å². The number of hydrogen-bond donors (Lipinski definition) is 1. The summed E-state index contributed by atoms with van der Waals surface area (Å²) in [4.78, 5) is 21.1. The van der Waals surface area contributed by atoms with Crippen molar-refractivity contribution >= 4 is 38.5 Å². The van der Waals surface area contributed by atoms with E-state index in [1.54, 1.807) is 4.90 Å². The molecule has 0 bridgehead atoms. The lowest BCUT2D eigenvalue weighted by Gasteiger charge is -2.45. The molecule has 1 aromatic heterocycles. The van der Waals surface area contributed by atoms with Gasteiger partial charge in [0.1, 0.15) is 5.82 Å². The Balaban J connectivity index is 1.38. The fourth-order valence-corrected chi connectivity index (χ4v) is 6.33. The number of fused-ring (bicyclic) bond motifs is 1. The topological polar surface area (TPSA) is 105 Å². The van der Waals surface area contributed by atoms with E-state index in [0.717, 1.165) is 16.4 Å². The van der Waals surface area contributed by atoms with Gasteiger partial charge in [-0.2, -0.15) is 4.31 Å². The Morgan fingerprint density at radius 2 is 1.83 bits per heavy atom. The van der Waals surface area contributed by atoms with Crippen molar-refractivity contribution in [2.24, 2.45) is 0 Å². The molecule has 36 heavy (non-hydrogen) atoms. The van der Waals surface area contributed by atoms with Crippen LogP contribution in [0.5, 0.6) is 0 Å². The molecule has 190 valence electrons.